The molecule has 4 nitrogen and oxygen atoms in total. The summed E-state index contributed by atoms with van der Waals surface area (Å²) in [5, 5.41) is 0. The largest absolute Gasteiger partial charge is 0.497 e. The average Bonchev–Trinajstić information content (AvgIpc) is 2.36. The Morgan fingerprint density at radius 2 is 1.45 bits per heavy atom. The van der Waals surface area contributed by atoms with E-state index in [4.69, 9.17) is 9.47 Å². The quantitative estimate of drug-likeness (QED) is 0.482. The second-order valence-electron chi connectivity index (χ2n) is 6.18. The van der Waals surface area contributed by atoms with Crippen LogP contribution in [0.4, 0.5) is 0 Å². The van der Waals surface area contributed by atoms with Crippen molar-refractivity contribution in [1.29, 1.82) is 0 Å². The second-order valence-corrected chi connectivity index (χ2v) is 6.18. The zero-order chi connectivity index (χ0) is 15.6. The van der Waals surface area contributed by atoms with E-state index in [1.807, 2.05) is 0 Å². The number of hydrogen-bond donors (Lipinski definition) is 0. The number of carbonyl (C=O) groups is 2. The average molecular weight is 278 g/mol. The van der Waals surface area contributed by atoms with Crippen LogP contribution in [0, 0.1) is 5.41 Å². The molecule has 20 heavy (non-hydrogen) atoms. The van der Waals surface area contributed by atoms with Crippen LogP contribution in [-0.2, 0) is 9.53 Å². The predicted molar refractivity (Wildman–Crippen MR) is 77.0 cm³/mol. The number of rotatable bonds is 4. The van der Waals surface area contributed by atoms with Gasteiger partial charge in [-0.3, -0.25) is 9.59 Å². The van der Waals surface area contributed by atoms with Crippen LogP contribution in [0.1, 0.15) is 45.0 Å². The third kappa shape index (κ3) is 3.83. The van der Waals surface area contributed by atoms with E-state index in [9.17, 15) is 9.59 Å². The van der Waals surface area contributed by atoms with Crippen LogP contribution >= 0.6 is 0 Å². The fourth-order valence-corrected chi connectivity index (χ4v) is 1.60. The molecule has 0 saturated heterocycles. The number of esters is 1. The van der Waals surface area contributed by atoms with Crippen molar-refractivity contribution in [3.63, 3.8) is 0 Å². The summed E-state index contributed by atoms with van der Waals surface area (Å²) in [7, 11) is 1.56. The number of ketones is 1. The van der Waals surface area contributed by atoms with Gasteiger partial charge in [0.25, 0.3) is 0 Å². The van der Waals surface area contributed by atoms with Gasteiger partial charge >= 0.3 is 5.97 Å². The molecule has 0 aliphatic carbocycles. The van der Waals surface area contributed by atoms with Gasteiger partial charge in [-0.2, -0.15) is 0 Å². The summed E-state index contributed by atoms with van der Waals surface area (Å²) in [6, 6.07) is 6.68. The smallest absolute Gasteiger partial charge is 0.319 e. The van der Waals surface area contributed by atoms with Crippen LogP contribution in [0.3, 0.4) is 0 Å². The van der Waals surface area contributed by atoms with Crippen molar-refractivity contribution in [3.05, 3.63) is 29.8 Å². The first-order valence-corrected chi connectivity index (χ1v) is 6.50. The minimum atomic E-state index is -1.22. The Kier molecular flexibility index (Phi) is 4.58. The van der Waals surface area contributed by atoms with Crippen LogP contribution in [0.25, 0.3) is 0 Å². The SMILES string of the molecule is COc1ccc(C(=O)C(C)(C)C(=O)OC(C)(C)C)cc1. The molecule has 0 bridgehead atoms. The van der Waals surface area contributed by atoms with Crippen LogP contribution in [0.5, 0.6) is 5.75 Å². The molecule has 1 aromatic rings. The molecular weight excluding hydrogens is 256 g/mol. The van der Waals surface area contributed by atoms with Crippen LogP contribution < -0.4 is 4.74 Å². The fourth-order valence-electron chi connectivity index (χ4n) is 1.60. The molecule has 110 valence electrons. The van der Waals surface area contributed by atoms with E-state index in [0.29, 0.717) is 11.3 Å². The van der Waals surface area contributed by atoms with E-state index >= 15 is 0 Å². The number of ether oxygens (including phenoxy) is 2. The normalized spacial score (nSPS) is 11.9. The summed E-state index contributed by atoms with van der Waals surface area (Å²) in [5.74, 6) is -0.128. The minimum absolute atomic E-state index is 0.269. The van der Waals surface area contributed by atoms with Gasteiger partial charge in [0, 0.05) is 5.56 Å². The van der Waals surface area contributed by atoms with Crippen molar-refractivity contribution < 1.29 is 19.1 Å². The molecule has 0 unspecified atom stereocenters. The van der Waals surface area contributed by atoms with Gasteiger partial charge in [0.05, 0.1) is 7.11 Å². The summed E-state index contributed by atoms with van der Waals surface area (Å²) in [4.78, 5) is 24.6. The highest BCUT2D eigenvalue weighted by atomic mass is 16.6. The number of benzene rings is 1. The molecular formula is C16H22O4. The molecule has 0 aromatic heterocycles. The van der Waals surface area contributed by atoms with Crippen molar-refractivity contribution >= 4 is 11.8 Å². The Hall–Kier alpha value is -1.84. The number of hydrogen-bond acceptors (Lipinski definition) is 4. The standard InChI is InChI=1S/C16H22O4/c1-15(2,3)20-14(18)16(4,5)13(17)11-7-9-12(19-6)10-8-11/h7-10H,1-6H3. The molecule has 1 rings (SSSR count). The maximum atomic E-state index is 12.5. The highest BCUT2D eigenvalue weighted by molar-refractivity contribution is 6.11. The van der Waals surface area contributed by atoms with E-state index in [2.05, 4.69) is 0 Å². The summed E-state index contributed by atoms with van der Waals surface area (Å²) in [6.07, 6.45) is 0. The molecule has 0 amide bonds. The van der Waals surface area contributed by atoms with E-state index in [0.717, 1.165) is 0 Å². The molecule has 0 radical (unpaired) electrons. The summed E-state index contributed by atoms with van der Waals surface area (Å²) >= 11 is 0. The molecule has 0 aliphatic rings. The molecule has 0 spiro atoms. The Morgan fingerprint density at radius 3 is 1.85 bits per heavy atom. The first kappa shape index (κ1) is 16.2. The highest BCUT2D eigenvalue weighted by Crippen LogP contribution is 2.27. The molecule has 0 aliphatic heterocycles. The van der Waals surface area contributed by atoms with Crippen molar-refractivity contribution in [2.45, 2.75) is 40.2 Å². The summed E-state index contributed by atoms with van der Waals surface area (Å²) < 4.78 is 10.4. The molecule has 0 saturated carbocycles. The molecule has 0 fully saturated rings. The topological polar surface area (TPSA) is 52.6 Å². The Morgan fingerprint density at radius 1 is 0.950 bits per heavy atom. The van der Waals surface area contributed by atoms with Gasteiger partial charge < -0.3 is 9.47 Å². The van der Waals surface area contributed by atoms with Crippen molar-refractivity contribution in [2.24, 2.45) is 5.41 Å². The number of carbonyl (C=O) groups excluding carboxylic acids is 2. The van der Waals surface area contributed by atoms with E-state index in [-0.39, 0.29) is 5.78 Å². The third-order valence-corrected chi connectivity index (χ3v) is 2.83. The number of Topliss-reactive ketones (excluding diaryl/α,β-unsaturated/α-hetero) is 1. The molecule has 0 atom stereocenters. The van der Waals surface area contributed by atoms with Gasteiger partial charge in [-0.1, -0.05) is 0 Å². The predicted octanol–water partition coefficient (Wildman–Crippen LogP) is 3.25. The zero-order valence-corrected chi connectivity index (χ0v) is 12.9. The molecule has 0 N–H and O–H groups in total. The zero-order valence-electron chi connectivity index (χ0n) is 12.9. The maximum absolute atomic E-state index is 12.5. The van der Waals surface area contributed by atoms with Gasteiger partial charge in [-0.15, -0.1) is 0 Å². The van der Waals surface area contributed by atoms with Crippen molar-refractivity contribution in [3.8, 4) is 5.75 Å². The minimum Gasteiger partial charge on any atom is -0.497 e. The number of methoxy groups -OCH3 is 1. The van der Waals surface area contributed by atoms with E-state index in [1.165, 1.54) is 0 Å². The van der Waals surface area contributed by atoms with Gasteiger partial charge in [0.1, 0.15) is 16.8 Å². The van der Waals surface area contributed by atoms with E-state index < -0.39 is 17.0 Å². The lowest BCUT2D eigenvalue weighted by Crippen LogP contribution is -2.39. The monoisotopic (exact) mass is 278 g/mol. The van der Waals surface area contributed by atoms with Crippen LogP contribution in [0.2, 0.25) is 0 Å². The van der Waals surface area contributed by atoms with E-state index in [1.54, 1.807) is 66.0 Å². The van der Waals surface area contributed by atoms with Gasteiger partial charge in [0.15, 0.2) is 5.78 Å². The Labute approximate surface area is 120 Å². The summed E-state index contributed by atoms with van der Waals surface area (Å²) in [6.45, 7) is 8.48. The first-order valence-electron chi connectivity index (χ1n) is 6.50. The van der Waals surface area contributed by atoms with Crippen LogP contribution in [-0.4, -0.2) is 24.5 Å². The fraction of sp³-hybridized carbons (Fsp3) is 0.500. The molecule has 4 heteroatoms. The molecule has 1 aromatic carbocycles. The molecule has 0 heterocycles. The summed E-state index contributed by atoms with van der Waals surface area (Å²) in [5.41, 5.74) is -1.38. The maximum Gasteiger partial charge on any atom is 0.319 e. The lowest BCUT2D eigenvalue weighted by atomic mass is 9.84. The van der Waals surface area contributed by atoms with Gasteiger partial charge in [0.2, 0.25) is 0 Å². The lowest BCUT2D eigenvalue weighted by molar-refractivity contribution is -0.162. The van der Waals surface area contributed by atoms with Gasteiger partial charge in [-0.05, 0) is 58.9 Å². The lowest BCUT2D eigenvalue weighted by Gasteiger charge is -2.27. The first-order chi connectivity index (χ1) is 9.08. The van der Waals surface area contributed by atoms with Gasteiger partial charge in [-0.25, -0.2) is 0 Å². The second kappa shape index (κ2) is 5.65. The Bertz CT molecular complexity index is 492. The highest BCUT2D eigenvalue weighted by Gasteiger charge is 2.39. The van der Waals surface area contributed by atoms with Crippen LogP contribution in [0.15, 0.2) is 24.3 Å². The Balaban J connectivity index is 2.95. The van der Waals surface area contributed by atoms with Crippen molar-refractivity contribution in [2.75, 3.05) is 7.11 Å². The van der Waals surface area contributed by atoms with Crippen molar-refractivity contribution in [1.82, 2.24) is 0 Å². The third-order valence-electron chi connectivity index (χ3n) is 2.83.